The Balaban J connectivity index is 2.19. The Hall–Kier alpha value is -2.38. The molecule has 0 fully saturated rings. The molecule has 2 heterocycles. The Morgan fingerprint density at radius 2 is 2.11 bits per heavy atom. The van der Waals surface area contributed by atoms with Crippen molar-refractivity contribution >= 4 is 17.9 Å². The van der Waals surface area contributed by atoms with Crippen LogP contribution in [0.2, 0.25) is 0 Å². The summed E-state index contributed by atoms with van der Waals surface area (Å²) in [7, 11) is 0. The summed E-state index contributed by atoms with van der Waals surface area (Å²) in [6.45, 7) is -1.54. The van der Waals surface area contributed by atoms with Crippen LogP contribution in [0.3, 0.4) is 0 Å². The van der Waals surface area contributed by atoms with Crippen LogP contribution in [0.1, 0.15) is 6.92 Å². The van der Waals surface area contributed by atoms with Crippen molar-refractivity contribution in [3.8, 4) is 5.75 Å². The lowest BCUT2D eigenvalue weighted by atomic mass is 10.3. The van der Waals surface area contributed by atoms with Crippen LogP contribution in [0.5, 0.6) is 5.75 Å². The molecule has 1 aliphatic heterocycles. The molecule has 19 heavy (non-hydrogen) atoms. The van der Waals surface area contributed by atoms with Crippen LogP contribution < -0.4 is 9.64 Å². The van der Waals surface area contributed by atoms with Gasteiger partial charge in [0.2, 0.25) is 5.95 Å². The third-order valence-corrected chi connectivity index (χ3v) is 2.26. The minimum Gasteiger partial charge on any atom is -0.432 e. The second-order valence-electron chi connectivity index (χ2n) is 3.63. The summed E-state index contributed by atoms with van der Waals surface area (Å²) in [5.74, 6) is -0.158. The van der Waals surface area contributed by atoms with E-state index in [2.05, 4.69) is 19.7 Å². The molecule has 0 saturated heterocycles. The number of halogens is 2. The average molecular weight is 268 g/mol. The number of allylic oxidation sites excluding steroid dienone is 1. The van der Waals surface area contributed by atoms with Crippen LogP contribution in [-0.2, 0) is 4.79 Å². The quantitative estimate of drug-likeness (QED) is 0.825. The highest BCUT2D eigenvalue weighted by atomic mass is 19.3. The first kappa shape index (κ1) is 13.1. The molecular formula is C11H10F2N4O2. The minimum absolute atomic E-state index is 0.150. The largest absolute Gasteiger partial charge is 0.432 e. The zero-order valence-corrected chi connectivity index (χ0v) is 9.90. The van der Waals surface area contributed by atoms with Gasteiger partial charge in [0.05, 0.1) is 12.4 Å². The van der Waals surface area contributed by atoms with Crippen molar-refractivity contribution in [1.29, 1.82) is 0 Å². The molecule has 1 unspecified atom stereocenters. The summed E-state index contributed by atoms with van der Waals surface area (Å²) in [5, 5.41) is 0. The van der Waals surface area contributed by atoms with E-state index in [-0.39, 0.29) is 17.5 Å². The maximum Gasteiger partial charge on any atom is 0.387 e. The predicted octanol–water partition coefficient (Wildman–Crippen LogP) is 1.40. The van der Waals surface area contributed by atoms with Gasteiger partial charge in [-0.1, -0.05) is 0 Å². The maximum atomic E-state index is 12.0. The second kappa shape index (κ2) is 5.51. The van der Waals surface area contributed by atoms with Crippen LogP contribution in [0.15, 0.2) is 29.7 Å². The standard InChI is InChI=1S/C11H10F2N4O2/c1-7(18)9-14-3-2-4-17(9)11-15-5-8(6-16-11)19-10(12)13/h2-6,9-10H,1H3. The van der Waals surface area contributed by atoms with Crippen molar-refractivity contribution < 1.29 is 18.3 Å². The summed E-state index contributed by atoms with van der Waals surface area (Å²) < 4.78 is 28.1. The highest BCUT2D eigenvalue weighted by molar-refractivity contribution is 5.89. The van der Waals surface area contributed by atoms with Crippen LogP contribution >= 0.6 is 0 Å². The molecule has 1 aromatic heterocycles. The van der Waals surface area contributed by atoms with Crippen molar-refractivity contribution in [2.75, 3.05) is 4.90 Å². The number of anilines is 1. The molecule has 6 nitrogen and oxygen atoms in total. The second-order valence-corrected chi connectivity index (χ2v) is 3.63. The summed E-state index contributed by atoms with van der Waals surface area (Å²) in [5.41, 5.74) is 0. The monoisotopic (exact) mass is 268 g/mol. The van der Waals surface area contributed by atoms with Gasteiger partial charge < -0.3 is 4.74 Å². The molecule has 1 atom stereocenters. The topological polar surface area (TPSA) is 67.7 Å². The SMILES string of the molecule is CC(=O)C1N=CC=CN1c1ncc(OC(F)F)cn1. The molecule has 0 amide bonds. The van der Waals surface area contributed by atoms with Crippen LogP contribution in [0, 0.1) is 0 Å². The normalized spacial score (nSPS) is 17.9. The fourth-order valence-electron chi connectivity index (χ4n) is 1.50. The zero-order chi connectivity index (χ0) is 13.8. The molecule has 0 spiro atoms. The van der Waals surface area contributed by atoms with Gasteiger partial charge >= 0.3 is 6.61 Å². The van der Waals surface area contributed by atoms with Crippen molar-refractivity contribution in [3.05, 3.63) is 24.7 Å². The first-order valence-electron chi connectivity index (χ1n) is 5.33. The highest BCUT2D eigenvalue weighted by Gasteiger charge is 2.23. The number of ether oxygens (including phenoxy) is 1. The molecule has 0 saturated carbocycles. The van der Waals surface area contributed by atoms with Crippen molar-refractivity contribution in [3.63, 3.8) is 0 Å². The number of rotatable bonds is 4. The van der Waals surface area contributed by atoms with Gasteiger partial charge in [-0.2, -0.15) is 8.78 Å². The number of hydrogen-bond donors (Lipinski definition) is 0. The molecule has 0 N–H and O–H groups in total. The molecule has 100 valence electrons. The Morgan fingerprint density at radius 3 is 2.68 bits per heavy atom. The van der Waals surface area contributed by atoms with Gasteiger partial charge in [-0.05, 0) is 13.0 Å². The third-order valence-electron chi connectivity index (χ3n) is 2.26. The highest BCUT2D eigenvalue weighted by Crippen LogP contribution is 2.18. The Bertz CT molecular complexity index is 516. The number of aromatic nitrogens is 2. The van der Waals surface area contributed by atoms with Gasteiger partial charge in [0.25, 0.3) is 0 Å². The van der Waals surface area contributed by atoms with Crippen molar-refractivity contribution in [2.45, 2.75) is 19.7 Å². The van der Waals surface area contributed by atoms with Crippen LogP contribution in [0.25, 0.3) is 0 Å². The molecular weight excluding hydrogens is 258 g/mol. The van der Waals surface area contributed by atoms with Crippen molar-refractivity contribution in [2.24, 2.45) is 4.99 Å². The van der Waals surface area contributed by atoms with E-state index in [1.807, 2.05) is 0 Å². The van der Waals surface area contributed by atoms with Gasteiger partial charge in [0.15, 0.2) is 17.7 Å². The van der Waals surface area contributed by atoms with E-state index in [0.29, 0.717) is 0 Å². The number of carbonyl (C=O) groups excluding carboxylic acids is 1. The number of nitrogens with zero attached hydrogens (tertiary/aromatic N) is 4. The van der Waals surface area contributed by atoms with Crippen LogP contribution in [0.4, 0.5) is 14.7 Å². The average Bonchev–Trinajstić information content (AvgIpc) is 2.39. The van der Waals surface area contributed by atoms with Gasteiger partial charge in [0.1, 0.15) is 0 Å². The fraction of sp³-hybridized carbons (Fsp3) is 0.273. The predicted molar refractivity (Wildman–Crippen MR) is 63.2 cm³/mol. The number of hydrogen-bond acceptors (Lipinski definition) is 6. The molecule has 1 aromatic rings. The number of ketones is 1. The zero-order valence-electron chi connectivity index (χ0n) is 9.90. The molecule has 0 aliphatic carbocycles. The van der Waals surface area contributed by atoms with Crippen molar-refractivity contribution in [1.82, 2.24) is 9.97 Å². The Morgan fingerprint density at radius 1 is 1.42 bits per heavy atom. The van der Waals surface area contributed by atoms with E-state index in [9.17, 15) is 13.6 Å². The number of Topliss-reactive ketones (excluding diaryl/α,β-unsaturated/α-hetero) is 1. The molecule has 8 heteroatoms. The molecule has 0 radical (unpaired) electrons. The van der Waals surface area contributed by atoms with E-state index in [1.165, 1.54) is 18.0 Å². The lowest BCUT2D eigenvalue weighted by Gasteiger charge is -2.25. The minimum atomic E-state index is -2.93. The van der Waals surface area contributed by atoms with Gasteiger partial charge in [0, 0.05) is 12.4 Å². The van der Waals surface area contributed by atoms with Gasteiger partial charge in [-0.15, -0.1) is 0 Å². The van der Waals surface area contributed by atoms with E-state index in [4.69, 9.17) is 0 Å². The van der Waals surface area contributed by atoms with E-state index >= 15 is 0 Å². The maximum absolute atomic E-state index is 12.0. The molecule has 1 aliphatic rings. The molecule has 0 aromatic carbocycles. The number of carbonyl (C=O) groups is 1. The lowest BCUT2D eigenvalue weighted by molar-refractivity contribution is -0.118. The number of aliphatic imine (C=N–C) groups is 1. The molecule has 2 rings (SSSR count). The number of alkyl halides is 2. The summed E-state index contributed by atoms with van der Waals surface area (Å²) >= 11 is 0. The third kappa shape index (κ3) is 3.09. The Kier molecular flexibility index (Phi) is 3.79. The Labute approximate surface area is 107 Å². The first-order chi connectivity index (χ1) is 9.08. The fourth-order valence-corrected chi connectivity index (χ4v) is 1.50. The van der Waals surface area contributed by atoms with E-state index in [0.717, 1.165) is 12.4 Å². The lowest BCUT2D eigenvalue weighted by Crippen LogP contribution is -2.37. The summed E-state index contributed by atoms with van der Waals surface area (Å²) in [4.78, 5) is 24.6. The van der Waals surface area contributed by atoms with Gasteiger partial charge in [-0.25, -0.2) is 9.97 Å². The summed E-state index contributed by atoms with van der Waals surface area (Å²) in [6.07, 6.45) is 6.17. The summed E-state index contributed by atoms with van der Waals surface area (Å²) in [6, 6.07) is 0. The molecule has 0 bridgehead atoms. The van der Waals surface area contributed by atoms with Crippen LogP contribution in [-0.4, -0.2) is 34.7 Å². The smallest absolute Gasteiger partial charge is 0.387 e. The van der Waals surface area contributed by atoms with Gasteiger partial charge in [-0.3, -0.25) is 14.7 Å². The van der Waals surface area contributed by atoms with E-state index in [1.54, 1.807) is 12.3 Å². The first-order valence-corrected chi connectivity index (χ1v) is 5.33. The van der Waals surface area contributed by atoms with E-state index < -0.39 is 12.8 Å².